The lowest BCUT2D eigenvalue weighted by Gasteiger charge is -2.19. The molecule has 0 amide bonds. The Hall–Kier alpha value is -4.13. The number of carboxylic acids is 1. The first kappa shape index (κ1) is 18.2. The number of aliphatic carboxylic acids is 1. The van der Waals surface area contributed by atoms with Gasteiger partial charge in [-0.3, -0.25) is 9.59 Å². The molecule has 3 aromatic rings. The highest BCUT2D eigenvalue weighted by atomic mass is 16.5. The number of carboxylic acid groups (broad SMARTS) is 1. The molecular weight excluding hydrogens is 376 g/mol. The molecule has 144 valence electrons. The summed E-state index contributed by atoms with van der Waals surface area (Å²) >= 11 is 0. The van der Waals surface area contributed by atoms with E-state index >= 15 is 0 Å². The average molecular weight is 390 g/mol. The maximum absolute atomic E-state index is 12.8. The molecule has 29 heavy (non-hydrogen) atoms. The number of carbonyl (C=O) groups is 3. The Morgan fingerprint density at radius 2 is 1.41 bits per heavy atom. The highest BCUT2D eigenvalue weighted by molar-refractivity contribution is 6.29. The van der Waals surface area contributed by atoms with Gasteiger partial charge in [0.2, 0.25) is 0 Å². The molecule has 7 heteroatoms. The number of fused-ring (bicyclic) bond motifs is 2. The fourth-order valence-corrected chi connectivity index (χ4v) is 3.12. The van der Waals surface area contributed by atoms with Gasteiger partial charge in [0.15, 0.2) is 18.2 Å². The van der Waals surface area contributed by atoms with Crippen molar-refractivity contribution in [2.45, 2.75) is 0 Å². The molecule has 0 radical (unpaired) electrons. The summed E-state index contributed by atoms with van der Waals surface area (Å²) < 4.78 is 10.7. The van der Waals surface area contributed by atoms with Crippen LogP contribution < -0.4 is 9.47 Å². The molecule has 1 aliphatic rings. The maximum Gasteiger partial charge on any atom is 0.341 e. The number of benzene rings is 3. The van der Waals surface area contributed by atoms with Crippen molar-refractivity contribution in [3.63, 3.8) is 0 Å². The van der Waals surface area contributed by atoms with E-state index in [9.17, 15) is 19.5 Å². The summed E-state index contributed by atoms with van der Waals surface area (Å²) in [7, 11) is 0. The van der Waals surface area contributed by atoms with E-state index in [0.717, 1.165) is 0 Å². The highest BCUT2D eigenvalue weighted by Crippen LogP contribution is 2.37. The zero-order valence-corrected chi connectivity index (χ0v) is 14.9. The Kier molecular flexibility index (Phi) is 4.48. The van der Waals surface area contributed by atoms with Gasteiger partial charge in [-0.05, 0) is 30.3 Å². The fourth-order valence-electron chi connectivity index (χ4n) is 3.12. The van der Waals surface area contributed by atoms with Crippen LogP contribution in [0.15, 0.2) is 60.7 Å². The van der Waals surface area contributed by atoms with Crippen molar-refractivity contribution in [3.05, 3.63) is 82.9 Å². The summed E-state index contributed by atoms with van der Waals surface area (Å²) in [6.45, 7) is -0.462. The number of ketones is 2. The lowest BCUT2D eigenvalue weighted by atomic mass is 9.83. The van der Waals surface area contributed by atoms with Crippen molar-refractivity contribution >= 4 is 17.5 Å². The number of phenolic OH excluding ortho intramolecular Hbond substituents is 1. The van der Waals surface area contributed by atoms with Gasteiger partial charge < -0.3 is 19.7 Å². The zero-order chi connectivity index (χ0) is 20.5. The molecule has 7 nitrogen and oxygen atoms in total. The molecule has 4 rings (SSSR count). The van der Waals surface area contributed by atoms with Crippen molar-refractivity contribution in [1.29, 1.82) is 0 Å². The molecule has 0 aliphatic heterocycles. The molecule has 0 saturated carbocycles. The van der Waals surface area contributed by atoms with E-state index in [1.807, 2.05) is 0 Å². The normalized spacial score (nSPS) is 12.1. The Morgan fingerprint density at radius 1 is 0.793 bits per heavy atom. The van der Waals surface area contributed by atoms with Crippen molar-refractivity contribution < 1.29 is 34.1 Å². The lowest BCUT2D eigenvalue weighted by Crippen LogP contribution is -2.20. The van der Waals surface area contributed by atoms with Crippen LogP contribution in [0.3, 0.4) is 0 Å². The summed E-state index contributed by atoms with van der Waals surface area (Å²) in [5.41, 5.74) is 0.566. The van der Waals surface area contributed by atoms with Gasteiger partial charge in [0, 0.05) is 22.8 Å². The zero-order valence-electron chi connectivity index (χ0n) is 14.9. The van der Waals surface area contributed by atoms with E-state index in [1.165, 1.54) is 24.3 Å². The summed E-state index contributed by atoms with van der Waals surface area (Å²) in [6, 6.07) is 15.3. The quantitative estimate of drug-likeness (QED) is 0.537. The monoisotopic (exact) mass is 390 g/mol. The summed E-state index contributed by atoms with van der Waals surface area (Å²) in [4.78, 5) is 36.0. The third-order valence-corrected chi connectivity index (χ3v) is 4.40. The SMILES string of the molecule is O=C(O)COc1ccc(Oc2cc(O)c3c(c2)C(=O)c2ccccc2C3=O)cc1. The number of rotatable bonds is 5. The van der Waals surface area contributed by atoms with E-state index in [-0.39, 0.29) is 39.5 Å². The summed E-state index contributed by atoms with van der Waals surface area (Å²) in [6.07, 6.45) is 0. The number of hydrogen-bond acceptors (Lipinski definition) is 6. The second-order valence-corrected chi connectivity index (χ2v) is 6.32. The number of carbonyl (C=O) groups excluding carboxylic acids is 2. The third kappa shape index (κ3) is 3.41. The van der Waals surface area contributed by atoms with Gasteiger partial charge in [0.05, 0.1) is 5.56 Å². The topological polar surface area (TPSA) is 110 Å². The molecule has 0 saturated heterocycles. The lowest BCUT2D eigenvalue weighted by molar-refractivity contribution is -0.139. The van der Waals surface area contributed by atoms with Gasteiger partial charge in [-0.2, -0.15) is 0 Å². The van der Waals surface area contributed by atoms with Crippen LogP contribution >= 0.6 is 0 Å². The predicted octanol–water partition coefficient (Wildman–Crippen LogP) is 3.42. The largest absolute Gasteiger partial charge is 0.507 e. The highest BCUT2D eigenvalue weighted by Gasteiger charge is 2.32. The van der Waals surface area contributed by atoms with Gasteiger partial charge in [0.25, 0.3) is 0 Å². The van der Waals surface area contributed by atoms with Crippen LogP contribution in [0.2, 0.25) is 0 Å². The number of phenols is 1. The Balaban J connectivity index is 1.62. The first-order valence-corrected chi connectivity index (χ1v) is 8.62. The number of hydrogen-bond donors (Lipinski definition) is 2. The minimum absolute atomic E-state index is 0.0431. The van der Waals surface area contributed by atoms with Crippen molar-refractivity contribution in [2.24, 2.45) is 0 Å². The van der Waals surface area contributed by atoms with Crippen LogP contribution in [-0.4, -0.2) is 34.4 Å². The van der Waals surface area contributed by atoms with Crippen LogP contribution in [0.4, 0.5) is 0 Å². The Morgan fingerprint density at radius 3 is 2.07 bits per heavy atom. The smallest absolute Gasteiger partial charge is 0.341 e. The predicted molar refractivity (Wildman–Crippen MR) is 101 cm³/mol. The van der Waals surface area contributed by atoms with E-state index in [0.29, 0.717) is 11.5 Å². The van der Waals surface area contributed by atoms with Gasteiger partial charge in [-0.1, -0.05) is 24.3 Å². The van der Waals surface area contributed by atoms with E-state index in [2.05, 4.69) is 0 Å². The van der Waals surface area contributed by atoms with Crippen LogP contribution in [0.1, 0.15) is 31.8 Å². The summed E-state index contributed by atoms with van der Waals surface area (Å²) in [5.74, 6) is -1.30. The van der Waals surface area contributed by atoms with Crippen LogP contribution in [0, 0.1) is 0 Å². The van der Waals surface area contributed by atoms with Gasteiger partial charge in [-0.15, -0.1) is 0 Å². The average Bonchev–Trinajstić information content (AvgIpc) is 2.71. The number of aromatic hydroxyl groups is 1. The molecule has 0 fully saturated rings. The molecule has 0 aromatic heterocycles. The van der Waals surface area contributed by atoms with Crippen molar-refractivity contribution in [2.75, 3.05) is 6.61 Å². The third-order valence-electron chi connectivity index (χ3n) is 4.40. The maximum atomic E-state index is 12.8. The molecule has 1 aliphatic carbocycles. The van der Waals surface area contributed by atoms with E-state index in [4.69, 9.17) is 14.6 Å². The summed E-state index contributed by atoms with van der Waals surface area (Å²) in [5, 5.41) is 19.0. The van der Waals surface area contributed by atoms with E-state index < -0.39 is 18.4 Å². The molecule has 2 N–H and O–H groups in total. The van der Waals surface area contributed by atoms with Crippen molar-refractivity contribution in [3.8, 4) is 23.0 Å². The number of ether oxygens (including phenoxy) is 2. The van der Waals surface area contributed by atoms with Crippen molar-refractivity contribution in [1.82, 2.24) is 0 Å². The second-order valence-electron chi connectivity index (χ2n) is 6.32. The Labute approximate surface area is 164 Å². The molecule has 0 heterocycles. The Bertz CT molecular complexity index is 1150. The first-order chi connectivity index (χ1) is 13.9. The van der Waals surface area contributed by atoms with Crippen LogP contribution in [0.25, 0.3) is 0 Å². The molecule has 0 bridgehead atoms. The molecular formula is C22H14O7. The molecule has 0 spiro atoms. The molecule has 0 atom stereocenters. The van der Waals surface area contributed by atoms with Crippen LogP contribution in [0.5, 0.6) is 23.0 Å². The molecule has 3 aromatic carbocycles. The van der Waals surface area contributed by atoms with Gasteiger partial charge in [0.1, 0.15) is 23.0 Å². The first-order valence-electron chi connectivity index (χ1n) is 8.62. The second kappa shape index (κ2) is 7.12. The minimum atomic E-state index is -1.09. The molecule has 0 unspecified atom stereocenters. The van der Waals surface area contributed by atoms with E-state index in [1.54, 1.807) is 36.4 Å². The van der Waals surface area contributed by atoms with Gasteiger partial charge in [-0.25, -0.2) is 4.79 Å². The van der Waals surface area contributed by atoms with Crippen LogP contribution in [-0.2, 0) is 4.79 Å². The minimum Gasteiger partial charge on any atom is -0.507 e. The fraction of sp³-hybridized carbons (Fsp3) is 0.0455. The van der Waals surface area contributed by atoms with Gasteiger partial charge >= 0.3 is 5.97 Å². The standard InChI is InChI=1S/C22H14O7/c23-18-10-14(29-13-7-5-12(6-8-13)28-11-19(24)25)9-17-20(18)22(27)16-4-2-1-3-15(16)21(17)26/h1-10,23H,11H2,(H,24,25).